The van der Waals surface area contributed by atoms with Crippen molar-refractivity contribution in [1.82, 2.24) is 0 Å². The van der Waals surface area contributed by atoms with Crippen LogP contribution in [0, 0.1) is 0 Å². The fourth-order valence-electron chi connectivity index (χ4n) is 1.56. The third-order valence-corrected chi connectivity index (χ3v) is 2.56. The molecule has 0 saturated carbocycles. The largest absolute Gasteiger partial charge is 0.481 e. The normalized spacial score (nSPS) is 14.7. The lowest BCUT2D eigenvalue weighted by Gasteiger charge is -2.26. The van der Waals surface area contributed by atoms with E-state index in [0.717, 1.165) is 0 Å². The zero-order chi connectivity index (χ0) is 14.2. The van der Waals surface area contributed by atoms with Gasteiger partial charge in [-0.15, -0.1) is 0 Å². The third kappa shape index (κ3) is 2.61. The van der Waals surface area contributed by atoms with Gasteiger partial charge in [-0.3, -0.25) is 9.59 Å². The van der Waals surface area contributed by atoms with E-state index in [4.69, 9.17) is 4.74 Å². The van der Waals surface area contributed by atoms with Crippen molar-refractivity contribution in [1.29, 1.82) is 0 Å². The monoisotopic (exact) mass is 274 g/mol. The molecule has 1 aromatic carbocycles. The quantitative estimate of drug-likeness (QED) is 0.845. The number of fused-ring (bicyclic) bond motifs is 1. The average molecular weight is 274 g/mol. The first kappa shape index (κ1) is 13.2. The minimum Gasteiger partial charge on any atom is -0.481 e. The molecule has 0 spiro atoms. The van der Waals surface area contributed by atoms with Crippen molar-refractivity contribution in [2.45, 2.75) is 6.18 Å². The number of carbonyl (C=O) groups excluding carboxylic acids is 2. The number of nitrogens with zero attached hydrogens (tertiary/aromatic N) is 1. The molecule has 102 valence electrons. The van der Waals surface area contributed by atoms with E-state index in [1.54, 1.807) is 5.32 Å². The summed E-state index contributed by atoms with van der Waals surface area (Å²) in [6.07, 6.45) is -4.95. The zero-order valence-corrected chi connectivity index (χ0v) is 9.75. The summed E-state index contributed by atoms with van der Waals surface area (Å²) in [5, 5.41) is 1.71. The van der Waals surface area contributed by atoms with Gasteiger partial charge in [-0.25, -0.2) is 0 Å². The van der Waals surface area contributed by atoms with E-state index in [0.29, 0.717) is 5.69 Å². The van der Waals surface area contributed by atoms with Crippen molar-refractivity contribution >= 4 is 23.2 Å². The maximum Gasteiger partial charge on any atom is 0.471 e. The number of rotatable bonds is 1. The molecular weight excluding hydrogens is 265 g/mol. The Kier molecular flexibility index (Phi) is 3.09. The van der Waals surface area contributed by atoms with Gasteiger partial charge in [-0.05, 0) is 12.1 Å². The van der Waals surface area contributed by atoms with Gasteiger partial charge in [-0.2, -0.15) is 13.2 Å². The van der Waals surface area contributed by atoms with Gasteiger partial charge in [0, 0.05) is 18.8 Å². The fraction of sp³-hybridized carbons (Fsp3) is 0.273. The summed E-state index contributed by atoms with van der Waals surface area (Å²) in [7, 11) is 1.53. The van der Waals surface area contributed by atoms with Gasteiger partial charge < -0.3 is 15.0 Å². The first-order valence-electron chi connectivity index (χ1n) is 5.20. The van der Waals surface area contributed by atoms with Gasteiger partial charge in [0.2, 0.25) is 0 Å². The Morgan fingerprint density at radius 1 is 1.42 bits per heavy atom. The summed E-state index contributed by atoms with van der Waals surface area (Å²) in [4.78, 5) is 23.4. The van der Waals surface area contributed by atoms with Crippen LogP contribution in [0.2, 0.25) is 0 Å². The number of carbonyl (C=O) groups is 2. The molecular formula is C11H9F3N2O3. The highest BCUT2D eigenvalue weighted by Crippen LogP contribution is 2.34. The van der Waals surface area contributed by atoms with Crippen LogP contribution >= 0.6 is 0 Å². The van der Waals surface area contributed by atoms with Crippen LogP contribution in [-0.4, -0.2) is 31.6 Å². The molecule has 0 atom stereocenters. The molecule has 0 radical (unpaired) electrons. The number of nitrogens with one attached hydrogen (secondary N) is 1. The van der Waals surface area contributed by atoms with Crippen LogP contribution in [0.15, 0.2) is 18.2 Å². The van der Waals surface area contributed by atoms with Gasteiger partial charge in [-0.1, -0.05) is 0 Å². The van der Waals surface area contributed by atoms with Crippen molar-refractivity contribution in [3.63, 3.8) is 0 Å². The molecule has 0 unspecified atom stereocenters. The SMILES string of the molecule is CN1C(=O)COc2cc(NC(=O)C(F)(F)F)ccc21. The lowest BCUT2D eigenvalue weighted by molar-refractivity contribution is -0.167. The second-order valence-electron chi connectivity index (χ2n) is 3.88. The number of ether oxygens (including phenoxy) is 1. The predicted octanol–water partition coefficient (Wildman–Crippen LogP) is 1.54. The van der Waals surface area contributed by atoms with E-state index in [1.165, 1.54) is 30.1 Å². The number of amides is 2. The number of hydrogen-bond acceptors (Lipinski definition) is 3. The van der Waals surface area contributed by atoms with Crippen LogP contribution in [0.5, 0.6) is 5.75 Å². The Bertz CT molecular complexity index is 542. The summed E-state index contributed by atoms with van der Waals surface area (Å²) in [6, 6.07) is 3.90. The van der Waals surface area contributed by atoms with Crippen molar-refractivity contribution in [3.8, 4) is 5.75 Å². The van der Waals surface area contributed by atoms with Gasteiger partial charge in [0.25, 0.3) is 5.91 Å². The van der Waals surface area contributed by atoms with Crippen LogP contribution in [0.25, 0.3) is 0 Å². The highest BCUT2D eigenvalue weighted by atomic mass is 19.4. The highest BCUT2D eigenvalue weighted by molar-refractivity contribution is 5.99. The van der Waals surface area contributed by atoms with Crippen molar-refractivity contribution in [3.05, 3.63) is 18.2 Å². The minimum atomic E-state index is -4.95. The second kappa shape index (κ2) is 4.45. The number of halogens is 3. The summed E-state index contributed by atoms with van der Waals surface area (Å²) >= 11 is 0. The van der Waals surface area contributed by atoms with Gasteiger partial charge >= 0.3 is 12.1 Å². The Morgan fingerprint density at radius 2 is 2.11 bits per heavy atom. The van der Waals surface area contributed by atoms with E-state index < -0.39 is 12.1 Å². The summed E-state index contributed by atoms with van der Waals surface area (Å²) in [6.45, 7) is -0.194. The minimum absolute atomic E-state index is 0.0520. The molecule has 0 fully saturated rings. The molecule has 8 heteroatoms. The van der Waals surface area contributed by atoms with E-state index in [2.05, 4.69) is 0 Å². The topological polar surface area (TPSA) is 58.6 Å². The lowest BCUT2D eigenvalue weighted by atomic mass is 10.2. The molecule has 1 aliphatic rings. The smallest absolute Gasteiger partial charge is 0.471 e. The van der Waals surface area contributed by atoms with E-state index in [9.17, 15) is 22.8 Å². The first-order valence-corrected chi connectivity index (χ1v) is 5.20. The molecule has 1 aromatic rings. The first-order chi connectivity index (χ1) is 8.79. The molecule has 5 nitrogen and oxygen atoms in total. The molecule has 0 aliphatic carbocycles. The molecule has 19 heavy (non-hydrogen) atoms. The summed E-state index contributed by atoms with van der Waals surface area (Å²) in [5.74, 6) is -2.09. The Morgan fingerprint density at radius 3 is 2.74 bits per heavy atom. The molecule has 2 rings (SSSR count). The Labute approximate surface area is 105 Å². The Hall–Kier alpha value is -2.25. The molecule has 1 aliphatic heterocycles. The van der Waals surface area contributed by atoms with Gasteiger partial charge in [0.15, 0.2) is 6.61 Å². The van der Waals surface area contributed by atoms with Crippen molar-refractivity contribution in [2.24, 2.45) is 0 Å². The van der Waals surface area contributed by atoms with Crippen LogP contribution in [0.4, 0.5) is 24.5 Å². The summed E-state index contributed by atoms with van der Waals surface area (Å²) < 4.78 is 41.4. The number of anilines is 2. The third-order valence-electron chi connectivity index (χ3n) is 2.56. The maximum atomic E-state index is 12.1. The van der Waals surface area contributed by atoms with Crippen LogP contribution < -0.4 is 15.0 Å². The van der Waals surface area contributed by atoms with E-state index >= 15 is 0 Å². The zero-order valence-electron chi connectivity index (χ0n) is 9.75. The Balaban J connectivity index is 2.23. The fourth-order valence-corrected chi connectivity index (χ4v) is 1.56. The van der Waals surface area contributed by atoms with Gasteiger partial charge in [0.1, 0.15) is 5.75 Å². The molecule has 2 amide bonds. The second-order valence-corrected chi connectivity index (χ2v) is 3.88. The molecule has 0 saturated heterocycles. The number of likely N-dealkylation sites (N-methyl/N-ethyl adjacent to an activating group) is 1. The van der Waals surface area contributed by atoms with E-state index in [1.807, 2.05) is 0 Å². The number of benzene rings is 1. The maximum absolute atomic E-state index is 12.1. The van der Waals surface area contributed by atoms with E-state index in [-0.39, 0.29) is 24.0 Å². The standard InChI is InChI=1S/C11H9F3N2O3/c1-16-7-3-2-6(15-10(18)11(12,13)14)4-8(7)19-5-9(16)17/h2-4H,5H2,1H3,(H,15,18). The lowest BCUT2D eigenvalue weighted by Crippen LogP contribution is -2.35. The van der Waals surface area contributed by atoms with Crippen molar-refractivity contribution < 1.29 is 27.5 Å². The van der Waals surface area contributed by atoms with Crippen LogP contribution in [0.1, 0.15) is 0 Å². The number of alkyl halides is 3. The van der Waals surface area contributed by atoms with Crippen molar-refractivity contribution in [2.75, 3.05) is 23.9 Å². The predicted molar refractivity (Wildman–Crippen MR) is 60.0 cm³/mol. The highest BCUT2D eigenvalue weighted by Gasteiger charge is 2.38. The molecule has 0 bridgehead atoms. The van der Waals surface area contributed by atoms with Crippen LogP contribution in [0.3, 0.4) is 0 Å². The molecule has 1 heterocycles. The summed E-state index contributed by atoms with van der Waals surface area (Å²) in [5.41, 5.74) is 0.380. The molecule has 1 N–H and O–H groups in total. The molecule has 0 aromatic heterocycles. The average Bonchev–Trinajstić information content (AvgIpc) is 2.33. The number of hydrogen-bond donors (Lipinski definition) is 1. The van der Waals surface area contributed by atoms with Crippen LogP contribution in [-0.2, 0) is 9.59 Å². The van der Waals surface area contributed by atoms with Gasteiger partial charge in [0.05, 0.1) is 5.69 Å².